The molecule has 1 aromatic heterocycles. The summed E-state index contributed by atoms with van der Waals surface area (Å²) in [6, 6.07) is 0.954. The van der Waals surface area contributed by atoms with E-state index in [9.17, 15) is 19.8 Å². The second-order valence-corrected chi connectivity index (χ2v) is 3.36. The molecular formula is C7H9BrN2O4. The number of aliphatic hydroxyl groups excluding tert-OH is 2. The predicted octanol–water partition coefficient (Wildman–Crippen LogP) is -1.15. The molecule has 4 N–H and O–H groups in total. The van der Waals surface area contributed by atoms with Crippen molar-refractivity contribution in [2.45, 2.75) is 12.2 Å². The van der Waals surface area contributed by atoms with E-state index in [1.54, 1.807) is 0 Å². The Kier molecular flexibility index (Phi) is 3.62. The van der Waals surface area contributed by atoms with Crippen molar-refractivity contribution in [1.82, 2.24) is 10.2 Å². The highest BCUT2D eigenvalue weighted by Crippen LogP contribution is 2.12. The van der Waals surface area contributed by atoms with Gasteiger partial charge in [-0.15, -0.1) is 0 Å². The number of aliphatic hydroxyl groups is 2. The van der Waals surface area contributed by atoms with Crippen molar-refractivity contribution in [3.63, 3.8) is 0 Å². The van der Waals surface area contributed by atoms with E-state index in [1.807, 2.05) is 5.10 Å². The van der Waals surface area contributed by atoms with Crippen LogP contribution in [0.1, 0.15) is 11.7 Å². The van der Waals surface area contributed by atoms with Crippen LogP contribution in [0.3, 0.4) is 0 Å². The maximum atomic E-state index is 11.1. The Bertz CT molecular complexity index is 413. The fraction of sp³-hybridized carbons (Fsp3) is 0.429. The van der Waals surface area contributed by atoms with E-state index in [-0.39, 0.29) is 10.9 Å². The zero-order chi connectivity index (χ0) is 10.7. The van der Waals surface area contributed by atoms with Crippen molar-refractivity contribution in [2.75, 3.05) is 5.33 Å². The third kappa shape index (κ3) is 2.31. The Morgan fingerprint density at radius 2 is 2.00 bits per heavy atom. The molecule has 0 saturated heterocycles. The summed E-state index contributed by atoms with van der Waals surface area (Å²) in [6.45, 7) is 0. The van der Waals surface area contributed by atoms with Crippen LogP contribution in [0.15, 0.2) is 15.7 Å². The van der Waals surface area contributed by atoms with E-state index in [0.29, 0.717) is 0 Å². The monoisotopic (exact) mass is 264 g/mol. The number of nitrogens with one attached hydrogen (secondary N) is 2. The van der Waals surface area contributed by atoms with E-state index in [1.165, 1.54) is 0 Å². The molecule has 2 atom stereocenters. The molecule has 0 saturated carbocycles. The molecule has 0 radical (unpaired) electrons. The Morgan fingerprint density at radius 3 is 2.57 bits per heavy atom. The van der Waals surface area contributed by atoms with Gasteiger partial charge in [0.05, 0.1) is 11.7 Å². The molecule has 1 aromatic rings. The SMILES string of the molecule is O=c1cc(C(O)C(O)CBr)c(=O)[nH][nH]1. The molecule has 0 fully saturated rings. The number of H-pyrrole nitrogens is 2. The summed E-state index contributed by atoms with van der Waals surface area (Å²) in [4.78, 5) is 21.9. The van der Waals surface area contributed by atoms with Crippen LogP contribution in [0.4, 0.5) is 0 Å². The van der Waals surface area contributed by atoms with Gasteiger partial charge in [-0.05, 0) is 0 Å². The molecule has 0 aliphatic rings. The lowest BCUT2D eigenvalue weighted by atomic mass is 10.1. The second-order valence-electron chi connectivity index (χ2n) is 2.71. The number of aromatic nitrogens is 2. The summed E-state index contributed by atoms with van der Waals surface area (Å²) in [5, 5.41) is 22.9. The first-order valence-electron chi connectivity index (χ1n) is 3.80. The summed E-state index contributed by atoms with van der Waals surface area (Å²) in [5.41, 5.74) is -1.32. The minimum absolute atomic E-state index is 0.112. The van der Waals surface area contributed by atoms with Gasteiger partial charge in [0.25, 0.3) is 11.1 Å². The first kappa shape index (κ1) is 11.2. The molecule has 1 heterocycles. The normalized spacial score (nSPS) is 15.1. The number of aromatic amines is 2. The number of halogens is 1. The van der Waals surface area contributed by atoms with Gasteiger partial charge < -0.3 is 10.2 Å². The van der Waals surface area contributed by atoms with E-state index in [0.717, 1.165) is 6.07 Å². The molecule has 14 heavy (non-hydrogen) atoms. The molecule has 0 bridgehead atoms. The quantitative estimate of drug-likeness (QED) is 0.518. The Hall–Kier alpha value is -0.920. The molecular weight excluding hydrogens is 256 g/mol. The Balaban J connectivity index is 3.12. The molecule has 78 valence electrons. The summed E-state index contributed by atoms with van der Waals surface area (Å²) in [5.74, 6) is 0. The minimum Gasteiger partial charge on any atom is -0.389 e. The van der Waals surface area contributed by atoms with Crippen LogP contribution < -0.4 is 11.1 Å². The lowest BCUT2D eigenvalue weighted by Gasteiger charge is -2.13. The van der Waals surface area contributed by atoms with Gasteiger partial charge in [0.1, 0.15) is 6.10 Å². The first-order valence-corrected chi connectivity index (χ1v) is 4.92. The number of alkyl halides is 1. The van der Waals surface area contributed by atoms with Crippen LogP contribution in [-0.2, 0) is 0 Å². The van der Waals surface area contributed by atoms with E-state index >= 15 is 0 Å². The van der Waals surface area contributed by atoms with Gasteiger partial charge in [0.2, 0.25) is 0 Å². The maximum absolute atomic E-state index is 11.1. The summed E-state index contributed by atoms with van der Waals surface area (Å²) in [7, 11) is 0. The molecule has 0 aliphatic carbocycles. The average molecular weight is 265 g/mol. The van der Waals surface area contributed by atoms with Gasteiger partial charge in [-0.1, -0.05) is 15.9 Å². The van der Waals surface area contributed by atoms with Crippen molar-refractivity contribution < 1.29 is 10.2 Å². The number of hydrogen-bond acceptors (Lipinski definition) is 4. The Labute approximate surface area is 86.7 Å². The van der Waals surface area contributed by atoms with Crippen LogP contribution in [0.2, 0.25) is 0 Å². The first-order chi connectivity index (χ1) is 6.56. The van der Waals surface area contributed by atoms with Gasteiger partial charge in [-0.25, -0.2) is 0 Å². The average Bonchev–Trinajstić information content (AvgIpc) is 2.19. The topological polar surface area (TPSA) is 106 Å². The summed E-state index contributed by atoms with van der Waals surface area (Å²) < 4.78 is 0. The third-order valence-corrected chi connectivity index (χ3v) is 2.35. The van der Waals surface area contributed by atoms with Crippen molar-refractivity contribution in [3.05, 3.63) is 32.3 Å². The van der Waals surface area contributed by atoms with E-state index in [2.05, 4.69) is 21.0 Å². The number of rotatable bonds is 3. The third-order valence-electron chi connectivity index (χ3n) is 1.69. The van der Waals surface area contributed by atoms with Gasteiger partial charge in [0, 0.05) is 11.4 Å². The maximum Gasteiger partial charge on any atom is 0.268 e. The highest BCUT2D eigenvalue weighted by Gasteiger charge is 2.20. The molecule has 1 rings (SSSR count). The lowest BCUT2D eigenvalue weighted by Crippen LogP contribution is -2.29. The fourth-order valence-electron chi connectivity index (χ4n) is 0.945. The molecule has 0 spiro atoms. The fourth-order valence-corrected chi connectivity index (χ4v) is 1.30. The zero-order valence-corrected chi connectivity index (χ0v) is 8.61. The van der Waals surface area contributed by atoms with Crippen LogP contribution >= 0.6 is 15.9 Å². The predicted molar refractivity (Wildman–Crippen MR) is 52.4 cm³/mol. The van der Waals surface area contributed by atoms with Gasteiger partial charge in [-0.3, -0.25) is 19.8 Å². The molecule has 7 heteroatoms. The smallest absolute Gasteiger partial charge is 0.268 e. The van der Waals surface area contributed by atoms with Crippen molar-refractivity contribution in [2.24, 2.45) is 0 Å². The molecule has 0 aromatic carbocycles. The molecule has 0 amide bonds. The summed E-state index contributed by atoms with van der Waals surface area (Å²) >= 11 is 2.95. The molecule has 0 aliphatic heterocycles. The standard InChI is InChI=1S/C7H9BrN2O4/c8-2-4(11)6(13)3-1-5(12)9-10-7(3)14/h1,4,6,11,13H,2H2,(H,9,12)(H,10,14). The lowest BCUT2D eigenvalue weighted by molar-refractivity contribution is 0.0332. The van der Waals surface area contributed by atoms with E-state index in [4.69, 9.17) is 0 Å². The molecule has 2 unspecified atom stereocenters. The van der Waals surface area contributed by atoms with E-state index < -0.39 is 23.3 Å². The van der Waals surface area contributed by atoms with Gasteiger partial charge in [0.15, 0.2) is 0 Å². The second kappa shape index (κ2) is 4.54. The van der Waals surface area contributed by atoms with Crippen LogP contribution in [0, 0.1) is 0 Å². The van der Waals surface area contributed by atoms with Gasteiger partial charge >= 0.3 is 0 Å². The zero-order valence-electron chi connectivity index (χ0n) is 7.03. The van der Waals surface area contributed by atoms with Gasteiger partial charge in [-0.2, -0.15) is 0 Å². The summed E-state index contributed by atoms with van der Waals surface area (Å²) in [6.07, 6.45) is -2.50. The number of hydrogen-bond donors (Lipinski definition) is 4. The molecule has 6 nitrogen and oxygen atoms in total. The highest BCUT2D eigenvalue weighted by atomic mass is 79.9. The van der Waals surface area contributed by atoms with Crippen molar-refractivity contribution in [3.8, 4) is 0 Å². The van der Waals surface area contributed by atoms with Crippen LogP contribution in [0.25, 0.3) is 0 Å². The minimum atomic E-state index is -1.37. The largest absolute Gasteiger partial charge is 0.389 e. The van der Waals surface area contributed by atoms with Crippen molar-refractivity contribution in [1.29, 1.82) is 0 Å². The van der Waals surface area contributed by atoms with Crippen LogP contribution in [-0.4, -0.2) is 31.8 Å². The highest BCUT2D eigenvalue weighted by molar-refractivity contribution is 9.09. The van der Waals surface area contributed by atoms with Crippen LogP contribution in [0.5, 0.6) is 0 Å². The Morgan fingerprint density at radius 1 is 1.36 bits per heavy atom. The van der Waals surface area contributed by atoms with Crippen molar-refractivity contribution >= 4 is 15.9 Å².